The smallest absolute Gasteiger partial charge is 0.331 e. The Hall–Kier alpha value is -1.79. The highest BCUT2D eigenvalue weighted by Crippen LogP contribution is 2.24. The largest absolute Gasteiger partial charge is 0.467 e. The van der Waals surface area contributed by atoms with Crippen LogP contribution in [-0.2, 0) is 52.3 Å². The van der Waals surface area contributed by atoms with E-state index in [1.54, 1.807) is 0 Å². The Balaban J connectivity index is 2.87. The lowest BCUT2D eigenvalue weighted by atomic mass is 10.0. The van der Waals surface area contributed by atoms with Gasteiger partial charge in [-0.3, -0.25) is 0 Å². The number of methoxy groups -OCH3 is 4. The molecular weight excluding hydrogens is 356 g/mol. The summed E-state index contributed by atoms with van der Waals surface area (Å²) >= 11 is 0. The summed E-state index contributed by atoms with van der Waals surface area (Å²) in [5.41, 5.74) is 0. The van der Waals surface area contributed by atoms with E-state index in [9.17, 15) is 14.4 Å². The molecule has 0 aromatic rings. The van der Waals surface area contributed by atoms with E-state index in [1.165, 1.54) is 28.4 Å². The van der Waals surface area contributed by atoms with Gasteiger partial charge >= 0.3 is 17.9 Å². The van der Waals surface area contributed by atoms with Gasteiger partial charge in [-0.15, -0.1) is 0 Å². The maximum atomic E-state index is 11.4. The van der Waals surface area contributed by atoms with Crippen LogP contribution in [0.4, 0.5) is 0 Å². The second-order valence-electron chi connectivity index (χ2n) is 5.07. The third-order valence-electron chi connectivity index (χ3n) is 3.50. The molecule has 1 fully saturated rings. The lowest BCUT2D eigenvalue weighted by molar-refractivity contribution is -0.287. The van der Waals surface area contributed by atoms with Crippen LogP contribution in [0.3, 0.4) is 0 Å². The average Bonchev–Trinajstić information content (AvgIpc) is 2.67. The van der Waals surface area contributed by atoms with Gasteiger partial charge in [0.15, 0.2) is 6.29 Å². The number of rotatable bonds is 10. The van der Waals surface area contributed by atoms with Gasteiger partial charge in [-0.1, -0.05) is 0 Å². The summed E-state index contributed by atoms with van der Waals surface area (Å²) in [7, 11) is 5.03. The van der Waals surface area contributed by atoms with Gasteiger partial charge in [0.1, 0.15) is 38.1 Å². The van der Waals surface area contributed by atoms with Crippen LogP contribution in [0.5, 0.6) is 0 Å². The Bertz CT molecular complexity index is 467. The fourth-order valence-electron chi connectivity index (χ4n) is 2.15. The minimum atomic E-state index is -0.930. The van der Waals surface area contributed by atoms with Crippen LogP contribution in [-0.4, -0.2) is 97.4 Å². The molecule has 150 valence electrons. The van der Waals surface area contributed by atoms with E-state index >= 15 is 0 Å². The maximum absolute atomic E-state index is 11.4. The second-order valence-corrected chi connectivity index (χ2v) is 5.07. The average molecular weight is 380 g/mol. The zero-order valence-corrected chi connectivity index (χ0v) is 15.1. The number of carbonyl (C=O) groups excluding carboxylic acids is 3. The highest BCUT2D eigenvalue weighted by molar-refractivity contribution is 5.71. The second kappa shape index (κ2) is 11.8. The number of esters is 3. The Morgan fingerprint density at radius 1 is 0.769 bits per heavy atom. The van der Waals surface area contributed by atoms with Gasteiger partial charge in [0.05, 0.1) is 27.9 Å². The third kappa shape index (κ3) is 6.84. The molecule has 0 spiro atoms. The highest BCUT2D eigenvalue weighted by atomic mass is 16.7. The van der Waals surface area contributed by atoms with E-state index in [0.29, 0.717) is 0 Å². The van der Waals surface area contributed by atoms with E-state index in [-0.39, 0.29) is 13.2 Å². The molecule has 1 aliphatic heterocycles. The van der Waals surface area contributed by atoms with Gasteiger partial charge < -0.3 is 37.9 Å². The SMILES string of the molecule is COC(=O)CO[C@@H]1[C@@H](OCC(=O)OC)[C@@H](OC)OC[C@H]1OCC(=O)OC. The molecule has 26 heavy (non-hydrogen) atoms. The van der Waals surface area contributed by atoms with Crippen molar-refractivity contribution in [2.75, 3.05) is 54.9 Å². The topological polar surface area (TPSA) is 125 Å². The van der Waals surface area contributed by atoms with Crippen LogP contribution in [0.25, 0.3) is 0 Å². The third-order valence-corrected chi connectivity index (χ3v) is 3.50. The van der Waals surface area contributed by atoms with Crippen LogP contribution in [0.15, 0.2) is 0 Å². The molecule has 11 nitrogen and oxygen atoms in total. The predicted octanol–water partition coefficient (Wildman–Crippen LogP) is -1.34. The molecule has 0 N–H and O–H groups in total. The quantitative estimate of drug-likeness (QED) is 0.330. The molecule has 0 saturated carbocycles. The highest BCUT2D eigenvalue weighted by Gasteiger charge is 2.44. The summed E-state index contributed by atoms with van der Waals surface area (Å²) in [5, 5.41) is 0. The van der Waals surface area contributed by atoms with Crippen LogP contribution in [0.2, 0.25) is 0 Å². The minimum absolute atomic E-state index is 0.000571. The van der Waals surface area contributed by atoms with Crippen LogP contribution in [0, 0.1) is 0 Å². The predicted molar refractivity (Wildman–Crippen MR) is 82.0 cm³/mol. The van der Waals surface area contributed by atoms with E-state index in [4.69, 9.17) is 23.7 Å². The molecule has 4 atom stereocenters. The first-order valence-corrected chi connectivity index (χ1v) is 7.66. The number of ether oxygens (including phenoxy) is 8. The van der Waals surface area contributed by atoms with Crippen molar-refractivity contribution in [3.05, 3.63) is 0 Å². The van der Waals surface area contributed by atoms with Crippen molar-refractivity contribution >= 4 is 17.9 Å². The van der Waals surface area contributed by atoms with Crippen molar-refractivity contribution in [3.63, 3.8) is 0 Å². The Morgan fingerprint density at radius 2 is 1.23 bits per heavy atom. The van der Waals surface area contributed by atoms with E-state index in [0.717, 1.165) is 0 Å². The van der Waals surface area contributed by atoms with Crippen LogP contribution >= 0.6 is 0 Å². The van der Waals surface area contributed by atoms with Gasteiger partial charge in [0.2, 0.25) is 0 Å². The van der Waals surface area contributed by atoms with Gasteiger partial charge in [0.25, 0.3) is 0 Å². The summed E-state index contributed by atoms with van der Waals surface area (Å²) in [5.74, 6) is -1.84. The van der Waals surface area contributed by atoms with Crippen LogP contribution < -0.4 is 0 Å². The lowest BCUT2D eigenvalue weighted by Crippen LogP contribution is -2.57. The molecule has 11 heteroatoms. The summed E-state index contributed by atoms with van der Waals surface area (Å²) < 4.78 is 40.7. The molecule has 1 rings (SSSR count). The van der Waals surface area contributed by atoms with Crippen molar-refractivity contribution in [1.29, 1.82) is 0 Å². The van der Waals surface area contributed by atoms with Crippen molar-refractivity contribution in [2.24, 2.45) is 0 Å². The van der Waals surface area contributed by atoms with Crippen LogP contribution in [0.1, 0.15) is 0 Å². The monoisotopic (exact) mass is 380 g/mol. The number of hydrogen-bond acceptors (Lipinski definition) is 11. The number of carbonyl (C=O) groups is 3. The summed E-state index contributed by atoms with van der Waals surface area (Å²) in [6.45, 7) is -1.15. The zero-order valence-electron chi connectivity index (χ0n) is 15.1. The summed E-state index contributed by atoms with van der Waals surface area (Å²) in [4.78, 5) is 34.1. The lowest BCUT2D eigenvalue weighted by Gasteiger charge is -2.40. The summed E-state index contributed by atoms with van der Waals surface area (Å²) in [6, 6.07) is 0. The van der Waals surface area contributed by atoms with Crippen molar-refractivity contribution in [3.8, 4) is 0 Å². The number of hydrogen-bond donors (Lipinski definition) is 0. The fraction of sp³-hybridized carbons (Fsp3) is 0.800. The molecule has 0 bridgehead atoms. The van der Waals surface area contributed by atoms with Crippen molar-refractivity contribution in [1.82, 2.24) is 0 Å². The first kappa shape index (κ1) is 22.3. The molecule has 1 heterocycles. The minimum Gasteiger partial charge on any atom is -0.467 e. The van der Waals surface area contributed by atoms with Crippen molar-refractivity contribution in [2.45, 2.75) is 24.6 Å². The molecule has 0 unspecified atom stereocenters. The maximum Gasteiger partial charge on any atom is 0.331 e. The molecule has 1 saturated heterocycles. The Morgan fingerprint density at radius 3 is 1.69 bits per heavy atom. The zero-order chi connectivity index (χ0) is 19.5. The first-order chi connectivity index (χ1) is 12.5. The van der Waals surface area contributed by atoms with Gasteiger partial charge in [0, 0.05) is 7.11 Å². The van der Waals surface area contributed by atoms with E-state index in [1.807, 2.05) is 0 Å². The van der Waals surface area contributed by atoms with Gasteiger partial charge in [-0.2, -0.15) is 0 Å². The molecule has 1 aliphatic rings. The molecule has 0 amide bonds. The Labute approximate surface area is 150 Å². The standard InChI is InChI=1S/C15H24O11/c1-19-10(16)6-23-9-5-26-15(22-4)14(25-8-12(18)21-3)13(9)24-7-11(17)20-2/h9,13-15H,5-8H2,1-4H3/t9-,13+,14-,15+/m1/s1. The van der Waals surface area contributed by atoms with E-state index in [2.05, 4.69) is 14.2 Å². The first-order valence-electron chi connectivity index (χ1n) is 7.66. The molecule has 0 radical (unpaired) electrons. The van der Waals surface area contributed by atoms with Gasteiger partial charge in [-0.05, 0) is 0 Å². The van der Waals surface area contributed by atoms with Crippen molar-refractivity contribution < 1.29 is 52.3 Å². The molecular formula is C15H24O11. The molecule has 0 aromatic heterocycles. The Kier molecular flexibility index (Phi) is 10.1. The molecule has 0 aromatic carbocycles. The van der Waals surface area contributed by atoms with E-state index < -0.39 is 55.7 Å². The summed E-state index contributed by atoms with van der Waals surface area (Å²) in [6.07, 6.45) is -3.49. The fourth-order valence-corrected chi connectivity index (χ4v) is 2.15. The molecule has 0 aliphatic carbocycles. The normalized spacial score (nSPS) is 25.4. The van der Waals surface area contributed by atoms with Gasteiger partial charge in [-0.25, -0.2) is 14.4 Å².